The molecule has 18 heavy (non-hydrogen) atoms. The molecule has 1 fully saturated rings. The maximum Gasteiger partial charge on any atom is 0.337 e. The minimum atomic E-state index is -0.863. The van der Waals surface area contributed by atoms with Gasteiger partial charge in [0.1, 0.15) is 0 Å². The largest absolute Gasteiger partial charge is 0.478 e. The first-order chi connectivity index (χ1) is 8.68. The number of aromatic carboxylic acids is 1. The van der Waals surface area contributed by atoms with Crippen LogP contribution in [0.4, 0.5) is 0 Å². The first-order valence-electron chi connectivity index (χ1n) is 6.81. The highest BCUT2D eigenvalue weighted by molar-refractivity contribution is 5.88. The van der Waals surface area contributed by atoms with Gasteiger partial charge in [0.25, 0.3) is 0 Å². The topological polar surface area (TPSA) is 65.1 Å². The standard InChI is InChI=1S/C14H22N2O2/c1-10(11-5-3-2-4-6-11)16-9-13-12(14(17)18)7-8-15-13/h7-8,10-11,15-16H,2-6,9H2,1H3,(H,17,18)/t10-/m0/s1. The van der Waals surface area contributed by atoms with E-state index in [9.17, 15) is 4.79 Å². The summed E-state index contributed by atoms with van der Waals surface area (Å²) in [5.74, 6) is -0.125. The van der Waals surface area contributed by atoms with E-state index in [4.69, 9.17) is 5.11 Å². The van der Waals surface area contributed by atoms with Crippen LogP contribution in [0.25, 0.3) is 0 Å². The Kier molecular flexibility index (Phi) is 4.42. The summed E-state index contributed by atoms with van der Waals surface area (Å²) in [6.45, 7) is 2.81. The molecular formula is C14H22N2O2. The van der Waals surface area contributed by atoms with Gasteiger partial charge in [-0.15, -0.1) is 0 Å². The normalized spacial score (nSPS) is 18.7. The van der Waals surface area contributed by atoms with Gasteiger partial charge in [0.2, 0.25) is 0 Å². The van der Waals surface area contributed by atoms with E-state index in [2.05, 4.69) is 17.2 Å². The number of hydrogen-bond donors (Lipinski definition) is 3. The maximum absolute atomic E-state index is 11.0. The van der Waals surface area contributed by atoms with Crippen LogP contribution in [0.1, 0.15) is 55.1 Å². The van der Waals surface area contributed by atoms with Gasteiger partial charge in [-0.1, -0.05) is 19.3 Å². The Morgan fingerprint density at radius 3 is 2.89 bits per heavy atom. The van der Waals surface area contributed by atoms with E-state index in [1.807, 2.05) is 0 Å². The number of hydrogen-bond acceptors (Lipinski definition) is 2. The maximum atomic E-state index is 11.0. The van der Waals surface area contributed by atoms with Gasteiger partial charge in [-0.3, -0.25) is 0 Å². The molecule has 0 aliphatic heterocycles. The van der Waals surface area contributed by atoms with Crippen molar-refractivity contribution in [2.24, 2.45) is 5.92 Å². The number of nitrogens with one attached hydrogen (secondary N) is 2. The quantitative estimate of drug-likeness (QED) is 0.753. The fourth-order valence-electron chi connectivity index (χ4n) is 2.81. The molecular weight excluding hydrogens is 228 g/mol. The predicted octanol–water partition coefficient (Wildman–Crippen LogP) is 2.77. The Morgan fingerprint density at radius 1 is 1.50 bits per heavy atom. The SMILES string of the molecule is C[C@H](NCc1[nH]ccc1C(=O)O)C1CCCCC1. The van der Waals surface area contributed by atoms with Crippen molar-refractivity contribution in [3.63, 3.8) is 0 Å². The van der Waals surface area contributed by atoms with Crippen LogP contribution in [-0.2, 0) is 6.54 Å². The van der Waals surface area contributed by atoms with Crippen LogP contribution in [0.15, 0.2) is 12.3 Å². The van der Waals surface area contributed by atoms with E-state index in [-0.39, 0.29) is 0 Å². The third-order valence-corrected chi connectivity index (χ3v) is 4.02. The second kappa shape index (κ2) is 6.05. The van der Waals surface area contributed by atoms with E-state index in [1.54, 1.807) is 12.3 Å². The second-order valence-corrected chi connectivity index (χ2v) is 5.24. The van der Waals surface area contributed by atoms with Crippen molar-refractivity contribution in [3.05, 3.63) is 23.5 Å². The highest BCUT2D eigenvalue weighted by atomic mass is 16.4. The molecule has 1 aromatic heterocycles. The van der Waals surface area contributed by atoms with Gasteiger partial charge in [-0.05, 0) is 31.7 Å². The van der Waals surface area contributed by atoms with Gasteiger partial charge in [-0.2, -0.15) is 0 Å². The summed E-state index contributed by atoms with van der Waals surface area (Å²) < 4.78 is 0. The van der Waals surface area contributed by atoms with E-state index < -0.39 is 5.97 Å². The Hall–Kier alpha value is -1.29. The fraction of sp³-hybridized carbons (Fsp3) is 0.643. The molecule has 4 nitrogen and oxygen atoms in total. The molecule has 1 aliphatic rings. The van der Waals surface area contributed by atoms with Crippen molar-refractivity contribution < 1.29 is 9.90 Å². The summed E-state index contributed by atoms with van der Waals surface area (Å²) in [6.07, 6.45) is 8.31. The summed E-state index contributed by atoms with van der Waals surface area (Å²) in [5, 5.41) is 12.5. The molecule has 1 aromatic rings. The number of carbonyl (C=O) groups is 1. The molecule has 1 saturated carbocycles. The van der Waals surface area contributed by atoms with E-state index in [1.165, 1.54) is 32.1 Å². The van der Waals surface area contributed by atoms with Crippen LogP contribution >= 0.6 is 0 Å². The summed E-state index contributed by atoms with van der Waals surface area (Å²) in [4.78, 5) is 14.0. The second-order valence-electron chi connectivity index (χ2n) is 5.24. The summed E-state index contributed by atoms with van der Waals surface area (Å²) >= 11 is 0. The monoisotopic (exact) mass is 250 g/mol. The average Bonchev–Trinajstić information content (AvgIpc) is 2.85. The molecule has 1 heterocycles. The van der Waals surface area contributed by atoms with Crippen molar-refractivity contribution in [2.45, 2.75) is 51.6 Å². The number of aromatic amines is 1. The van der Waals surface area contributed by atoms with Gasteiger partial charge in [0, 0.05) is 24.5 Å². The smallest absolute Gasteiger partial charge is 0.337 e. The summed E-state index contributed by atoms with van der Waals surface area (Å²) in [6, 6.07) is 2.07. The molecule has 0 radical (unpaired) electrons. The van der Waals surface area contributed by atoms with Gasteiger partial charge in [0.15, 0.2) is 0 Å². The molecule has 0 aromatic carbocycles. The zero-order chi connectivity index (χ0) is 13.0. The fourth-order valence-corrected chi connectivity index (χ4v) is 2.81. The Balaban J connectivity index is 1.86. The molecule has 0 saturated heterocycles. The van der Waals surface area contributed by atoms with Crippen LogP contribution in [0.5, 0.6) is 0 Å². The van der Waals surface area contributed by atoms with Crippen molar-refractivity contribution in [3.8, 4) is 0 Å². The number of carboxylic acid groups (broad SMARTS) is 1. The van der Waals surface area contributed by atoms with E-state index in [0.717, 1.165) is 11.6 Å². The number of H-pyrrole nitrogens is 1. The van der Waals surface area contributed by atoms with Gasteiger partial charge in [-0.25, -0.2) is 4.79 Å². The molecule has 0 amide bonds. The van der Waals surface area contributed by atoms with Crippen LogP contribution < -0.4 is 5.32 Å². The Labute approximate surface area is 108 Å². The molecule has 100 valence electrons. The highest BCUT2D eigenvalue weighted by Gasteiger charge is 2.20. The average molecular weight is 250 g/mol. The highest BCUT2D eigenvalue weighted by Crippen LogP contribution is 2.26. The number of rotatable bonds is 5. The third-order valence-electron chi connectivity index (χ3n) is 4.02. The van der Waals surface area contributed by atoms with Gasteiger partial charge >= 0.3 is 5.97 Å². The van der Waals surface area contributed by atoms with Crippen LogP contribution in [0, 0.1) is 5.92 Å². The lowest BCUT2D eigenvalue weighted by Gasteiger charge is -2.28. The van der Waals surface area contributed by atoms with E-state index >= 15 is 0 Å². The van der Waals surface area contributed by atoms with Crippen LogP contribution in [0.3, 0.4) is 0 Å². The first-order valence-corrected chi connectivity index (χ1v) is 6.81. The molecule has 2 rings (SSSR count). The predicted molar refractivity (Wildman–Crippen MR) is 70.6 cm³/mol. The van der Waals surface area contributed by atoms with Crippen molar-refractivity contribution >= 4 is 5.97 Å². The molecule has 1 aliphatic carbocycles. The molecule has 0 spiro atoms. The molecule has 0 bridgehead atoms. The minimum absolute atomic E-state index is 0.373. The van der Waals surface area contributed by atoms with Crippen LogP contribution in [-0.4, -0.2) is 22.1 Å². The summed E-state index contributed by atoms with van der Waals surface area (Å²) in [5.41, 5.74) is 1.14. The van der Waals surface area contributed by atoms with Gasteiger partial charge in [0.05, 0.1) is 5.56 Å². The molecule has 3 N–H and O–H groups in total. The first kappa shape index (κ1) is 13.1. The zero-order valence-corrected chi connectivity index (χ0v) is 10.9. The molecule has 1 atom stereocenters. The lowest BCUT2D eigenvalue weighted by Crippen LogP contribution is -2.34. The molecule has 4 heteroatoms. The number of carboxylic acids is 1. The third kappa shape index (κ3) is 3.13. The van der Waals surface area contributed by atoms with Crippen molar-refractivity contribution in [1.82, 2.24) is 10.3 Å². The van der Waals surface area contributed by atoms with Crippen molar-refractivity contribution in [1.29, 1.82) is 0 Å². The van der Waals surface area contributed by atoms with Crippen molar-refractivity contribution in [2.75, 3.05) is 0 Å². The zero-order valence-electron chi connectivity index (χ0n) is 10.9. The molecule has 0 unspecified atom stereocenters. The Morgan fingerprint density at radius 2 is 2.22 bits per heavy atom. The summed E-state index contributed by atoms with van der Waals surface area (Å²) in [7, 11) is 0. The Bertz CT molecular complexity index is 394. The number of aromatic nitrogens is 1. The minimum Gasteiger partial charge on any atom is -0.478 e. The lowest BCUT2D eigenvalue weighted by atomic mass is 9.84. The van der Waals surface area contributed by atoms with E-state index in [0.29, 0.717) is 18.2 Å². The van der Waals surface area contributed by atoms with Gasteiger partial charge < -0.3 is 15.4 Å². The lowest BCUT2D eigenvalue weighted by molar-refractivity contribution is 0.0695. The van der Waals surface area contributed by atoms with Crippen LogP contribution in [0.2, 0.25) is 0 Å².